The number of amides is 1. The van der Waals surface area contributed by atoms with Gasteiger partial charge in [0.15, 0.2) is 0 Å². The summed E-state index contributed by atoms with van der Waals surface area (Å²) in [6.07, 6.45) is 1.20. The third-order valence-corrected chi connectivity index (χ3v) is 5.73. The Bertz CT molecular complexity index is 793. The van der Waals surface area contributed by atoms with E-state index in [2.05, 4.69) is 24.1 Å². The first-order chi connectivity index (χ1) is 13.0. The normalized spacial score (nSPS) is 20.3. The van der Waals surface area contributed by atoms with Crippen molar-refractivity contribution in [2.45, 2.75) is 20.3 Å². The van der Waals surface area contributed by atoms with Gasteiger partial charge in [0.05, 0.1) is 13.7 Å². The summed E-state index contributed by atoms with van der Waals surface area (Å²) < 4.78 is 4.96. The van der Waals surface area contributed by atoms with E-state index in [1.54, 1.807) is 0 Å². The molecule has 27 heavy (non-hydrogen) atoms. The molecule has 0 saturated carbocycles. The molecule has 0 bridgehead atoms. The summed E-state index contributed by atoms with van der Waals surface area (Å²) >= 11 is 1.35. The highest BCUT2D eigenvalue weighted by Crippen LogP contribution is 2.36. The number of esters is 1. The number of nitrogens with one attached hydrogen (secondary N) is 1. The molecule has 1 aromatic carbocycles. The van der Waals surface area contributed by atoms with Crippen LogP contribution in [0, 0.1) is 11.8 Å². The van der Waals surface area contributed by atoms with Crippen LogP contribution >= 0.6 is 11.3 Å². The Morgan fingerprint density at radius 2 is 1.85 bits per heavy atom. The van der Waals surface area contributed by atoms with Crippen LogP contribution in [0.15, 0.2) is 35.7 Å². The van der Waals surface area contributed by atoms with E-state index in [-0.39, 0.29) is 5.91 Å². The van der Waals surface area contributed by atoms with E-state index in [4.69, 9.17) is 4.74 Å². The average molecular weight is 387 g/mol. The van der Waals surface area contributed by atoms with E-state index >= 15 is 0 Å². The van der Waals surface area contributed by atoms with Crippen LogP contribution in [-0.2, 0) is 9.53 Å². The average Bonchev–Trinajstić information content (AvgIpc) is 3.04. The molecular weight excluding hydrogens is 360 g/mol. The first kappa shape index (κ1) is 19.6. The lowest BCUT2D eigenvalue weighted by molar-refractivity contribution is -0.117. The molecular formula is C21H26N2O3S. The van der Waals surface area contributed by atoms with Gasteiger partial charge in [-0.3, -0.25) is 9.69 Å². The molecule has 1 aromatic heterocycles. The number of hydrogen-bond donors (Lipinski definition) is 1. The standard InChI is InChI=1S/C21H26N2O3S/c1-14-9-15(2)11-23(10-14)12-18(24)22-20-19(21(25)26-3)17(13-27-20)16-7-5-4-6-8-16/h4-8,13-15H,9-12H2,1-3H3,(H,22,24)/t14-,15+. The zero-order valence-corrected chi connectivity index (χ0v) is 16.8. The van der Waals surface area contributed by atoms with Gasteiger partial charge in [0.25, 0.3) is 0 Å². The molecule has 0 aliphatic carbocycles. The van der Waals surface area contributed by atoms with E-state index in [0.717, 1.165) is 24.2 Å². The molecule has 0 radical (unpaired) electrons. The maximum atomic E-state index is 12.6. The van der Waals surface area contributed by atoms with E-state index in [1.807, 2.05) is 35.7 Å². The second-order valence-electron chi connectivity index (χ2n) is 7.40. The van der Waals surface area contributed by atoms with Gasteiger partial charge in [0, 0.05) is 24.0 Å². The molecule has 1 amide bonds. The molecule has 2 heterocycles. The summed E-state index contributed by atoms with van der Waals surface area (Å²) in [5, 5.41) is 5.37. The summed E-state index contributed by atoms with van der Waals surface area (Å²) in [5.74, 6) is 0.658. The van der Waals surface area contributed by atoms with Crippen LogP contribution in [0.3, 0.4) is 0 Å². The van der Waals surface area contributed by atoms with Crippen molar-refractivity contribution in [2.24, 2.45) is 11.8 Å². The highest BCUT2D eigenvalue weighted by Gasteiger charge is 2.25. The Kier molecular flexibility index (Phi) is 6.29. The Hall–Kier alpha value is -2.18. The minimum absolute atomic E-state index is 0.0945. The fraction of sp³-hybridized carbons (Fsp3) is 0.429. The van der Waals surface area contributed by atoms with Gasteiger partial charge in [-0.2, -0.15) is 0 Å². The van der Waals surface area contributed by atoms with E-state index in [9.17, 15) is 9.59 Å². The topological polar surface area (TPSA) is 58.6 Å². The molecule has 1 saturated heterocycles. The molecule has 1 fully saturated rings. The number of piperidine rings is 1. The number of ether oxygens (including phenoxy) is 1. The van der Waals surface area contributed by atoms with E-state index in [1.165, 1.54) is 24.9 Å². The number of likely N-dealkylation sites (tertiary alicyclic amines) is 1. The second-order valence-corrected chi connectivity index (χ2v) is 8.28. The molecule has 0 unspecified atom stereocenters. The molecule has 2 aromatic rings. The fourth-order valence-corrected chi connectivity index (χ4v) is 4.85. The Morgan fingerprint density at radius 1 is 1.19 bits per heavy atom. The molecule has 1 aliphatic rings. The van der Waals surface area contributed by atoms with Crippen LogP contribution in [-0.4, -0.2) is 43.5 Å². The SMILES string of the molecule is COC(=O)c1c(-c2ccccc2)csc1NC(=O)CN1C[C@H](C)C[C@H](C)C1. The smallest absolute Gasteiger partial charge is 0.341 e. The lowest BCUT2D eigenvalue weighted by Gasteiger charge is -2.34. The lowest BCUT2D eigenvalue weighted by atomic mass is 9.92. The number of benzene rings is 1. The highest BCUT2D eigenvalue weighted by atomic mass is 32.1. The zero-order chi connectivity index (χ0) is 19.4. The number of hydrogen-bond acceptors (Lipinski definition) is 5. The molecule has 1 aliphatic heterocycles. The maximum absolute atomic E-state index is 12.6. The number of methoxy groups -OCH3 is 1. The summed E-state index contributed by atoms with van der Waals surface area (Å²) in [5.41, 5.74) is 2.12. The van der Waals surface area contributed by atoms with E-state index < -0.39 is 5.97 Å². The van der Waals surface area contributed by atoms with Crippen LogP contribution in [0.2, 0.25) is 0 Å². The monoisotopic (exact) mass is 386 g/mol. The summed E-state index contributed by atoms with van der Waals surface area (Å²) in [6.45, 7) is 6.65. The first-order valence-corrected chi connectivity index (χ1v) is 10.1. The number of anilines is 1. The van der Waals surface area contributed by atoms with Crippen molar-refractivity contribution in [2.75, 3.05) is 32.1 Å². The highest BCUT2D eigenvalue weighted by molar-refractivity contribution is 7.15. The fourth-order valence-electron chi connectivity index (χ4n) is 3.88. The van der Waals surface area contributed by atoms with Gasteiger partial charge >= 0.3 is 5.97 Å². The third-order valence-electron chi connectivity index (χ3n) is 4.83. The summed E-state index contributed by atoms with van der Waals surface area (Å²) in [4.78, 5) is 27.2. The molecule has 1 N–H and O–H groups in total. The van der Waals surface area contributed by atoms with Crippen molar-refractivity contribution in [1.82, 2.24) is 4.90 Å². The van der Waals surface area contributed by atoms with Crippen LogP contribution < -0.4 is 5.32 Å². The maximum Gasteiger partial charge on any atom is 0.341 e. The van der Waals surface area contributed by atoms with Gasteiger partial charge in [-0.15, -0.1) is 11.3 Å². The van der Waals surface area contributed by atoms with Gasteiger partial charge in [-0.1, -0.05) is 44.2 Å². The van der Waals surface area contributed by atoms with Crippen molar-refractivity contribution in [1.29, 1.82) is 0 Å². The van der Waals surface area contributed by atoms with Crippen molar-refractivity contribution >= 4 is 28.2 Å². The number of nitrogens with zero attached hydrogens (tertiary/aromatic N) is 1. The van der Waals surface area contributed by atoms with Crippen LogP contribution in [0.4, 0.5) is 5.00 Å². The molecule has 6 heteroatoms. The minimum atomic E-state index is -0.439. The van der Waals surface area contributed by atoms with Crippen molar-refractivity contribution in [3.63, 3.8) is 0 Å². The van der Waals surface area contributed by atoms with Crippen LogP contribution in [0.25, 0.3) is 11.1 Å². The number of carbonyl (C=O) groups excluding carboxylic acids is 2. The summed E-state index contributed by atoms with van der Waals surface area (Å²) in [6, 6.07) is 9.65. The van der Waals surface area contributed by atoms with E-state index in [0.29, 0.717) is 28.9 Å². The molecule has 144 valence electrons. The number of rotatable bonds is 5. The molecule has 0 spiro atoms. The third kappa shape index (κ3) is 4.76. The Balaban J connectivity index is 1.77. The van der Waals surface area contributed by atoms with Crippen molar-refractivity contribution in [3.05, 3.63) is 41.3 Å². The van der Waals surface area contributed by atoms with Gasteiger partial charge in [0.2, 0.25) is 5.91 Å². The molecule has 2 atom stereocenters. The van der Waals surface area contributed by atoms with Gasteiger partial charge in [-0.05, 0) is 23.8 Å². The lowest BCUT2D eigenvalue weighted by Crippen LogP contribution is -2.42. The Labute approximate surface area is 164 Å². The minimum Gasteiger partial charge on any atom is -0.465 e. The Morgan fingerprint density at radius 3 is 2.48 bits per heavy atom. The number of carbonyl (C=O) groups is 2. The first-order valence-electron chi connectivity index (χ1n) is 9.25. The molecule has 5 nitrogen and oxygen atoms in total. The summed E-state index contributed by atoms with van der Waals surface area (Å²) in [7, 11) is 1.36. The van der Waals surface area contributed by atoms with Gasteiger partial charge in [0.1, 0.15) is 10.6 Å². The van der Waals surface area contributed by atoms with Crippen molar-refractivity contribution < 1.29 is 14.3 Å². The molecule has 3 rings (SSSR count). The number of thiophene rings is 1. The van der Waals surface area contributed by atoms with Crippen LogP contribution in [0.5, 0.6) is 0 Å². The predicted molar refractivity (Wildman–Crippen MR) is 109 cm³/mol. The van der Waals surface area contributed by atoms with Gasteiger partial charge in [-0.25, -0.2) is 4.79 Å². The quantitative estimate of drug-likeness (QED) is 0.786. The van der Waals surface area contributed by atoms with Crippen molar-refractivity contribution in [3.8, 4) is 11.1 Å². The predicted octanol–water partition coefficient (Wildman–Crippen LogP) is 4.12. The largest absolute Gasteiger partial charge is 0.465 e. The van der Waals surface area contributed by atoms with Gasteiger partial charge < -0.3 is 10.1 Å². The zero-order valence-electron chi connectivity index (χ0n) is 16.0. The second kappa shape index (κ2) is 8.67. The van der Waals surface area contributed by atoms with Crippen LogP contribution in [0.1, 0.15) is 30.6 Å².